The molecule has 0 spiro atoms. The minimum absolute atomic E-state index is 0.0319. The van der Waals surface area contributed by atoms with Crippen molar-refractivity contribution < 1.29 is 5.11 Å². The molecule has 1 aliphatic carbocycles. The number of benzene rings is 1. The summed E-state index contributed by atoms with van der Waals surface area (Å²) in [4.78, 5) is 4.51. The first-order valence-electron chi connectivity index (χ1n) is 8.57. The highest BCUT2D eigenvalue weighted by Crippen LogP contribution is 2.29. The van der Waals surface area contributed by atoms with E-state index in [-0.39, 0.29) is 6.61 Å². The average molecular weight is 341 g/mol. The van der Waals surface area contributed by atoms with Crippen LogP contribution < -0.4 is 0 Å². The molecular formula is C19H23N3OS. The number of imidazole rings is 1. The number of nitrogens with zero attached hydrogens (tertiary/aromatic N) is 3. The minimum atomic E-state index is 0.0319. The third kappa shape index (κ3) is 4.19. The van der Waals surface area contributed by atoms with Gasteiger partial charge in [0.2, 0.25) is 0 Å². The Kier molecular flexibility index (Phi) is 5.95. The predicted octanol–water partition coefficient (Wildman–Crippen LogP) is 4.12. The van der Waals surface area contributed by atoms with Gasteiger partial charge >= 0.3 is 0 Å². The van der Waals surface area contributed by atoms with Crippen LogP contribution in [0.25, 0.3) is 0 Å². The van der Waals surface area contributed by atoms with Gasteiger partial charge in [0.1, 0.15) is 0 Å². The summed E-state index contributed by atoms with van der Waals surface area (Å²) in [6.07, 6.45) is 8.32. The number of nitriles is 1. The van der Waals surface area contributed by atoms with E-state index >= 15 is 0 Å². The van der Waals surface area contributed by atoms with Crippen molar-refractivity contribution in [2.75, 3.05) is 0 Å². The van der Waals surface area contributed by atoms with E-state index in [9.17, 15) is 5.11 Å². The molecule has 0 saturated heterocycles. The highest BCUT2D eigenvalue weighted by molar-refractivity contribution is 7.98. The summed E-state index contributed by atoms with van der Waals surface area (Å²) in [6.45, 7) is 0.987. The normalized spacial score (nSPS) is 15.3. The summed E-state index contributed by atoms with van der Waals surface area (Å²) in [5.74, 6) is 1.47. The molecular weight excluding hydrogens is 318 g/mol. The van der Waals surface area contributed by atoms with Crippen LogP contribution in [0.2, 0.25) is 0 Å². The quantitative estimate of drug-likeness (QED) is 0.803. The Hall–Kier alpha value is -1.77. The molecule has 5 heteroatoms. The van der Waals surface area contributed by atoms with E-state index in [1.807, 2.05) is 24.3 Å². The lowest BCUT2D eigenvalue weighted by molar-refractivity contribution is 0.255. The smallest absolute Gasteiger partial charge is 0.168 e. The second-order valence-corrected chi connectivity index (χ2v) is 7.35. The first-order chi connectivity index (χ1) is 11.8. The van der Waals surface area contributed by atoms with Crippen LogP contribution in [0.1, 0.15) is 48.9 Å². The van der Waals surface area contributed by atoms with Crippen LogP contribution in [-0.4, -0.2) is 14.7 Å². The van der Waals surface area contributed by atoms with Gasteiger partial charge in [-0.2, -0.15) is 5.26 Å². The molecule has 0 unspecified atom stereocenters. The fourth-order valence-corrected chi connectivity index (χ4v) is 4.29. The van der Waals surface area contributed by atoms with Crippen molar-refractivity contribution in [3.63, 3.8) is 0 Å². The van der Waals surface area contributed by atoms with Crippen LogP contribution in [0.4, 0.5) is 0 Å². The molecule has 1 N–H and O–H groups in total. The number of hydrogen-bond acceptors (Lipinski definition) is 4. The highest BCUT2D eigenvalue weighted by Gasteiger charge is 2.18. The molecule has 0 aliphatic heterocycles. The van der Waals surface area contributed by atoms with E-state index < -0.39 is 0 Å². The van der Waals surface area contributed by atoms with Gasteiger partial charge < -0.3 is 9.67 Å². The molecule has 0 bridgehead atoms. The first-order valence-corrected chi connectivity index (χ1v) is 9.56. The number of hydrogen-bond donors (Lipinski definition) is 1. The second-order valence-electron chi connectivity index (χ2n) is 6.41. The zero-order chi connectivity index (χ0) is 16.8. The number of thioether (sulfide) groups is 1. The second kappa shape index (κ2) is 8.36. The van der Waals surface area contributed by atoms with Gasteiger partial charge in [-0.3, -0.25) is 0 Å². The first kappa shape index (κ1) is 17.1. The Morgan fingerprint density at radius 2 is 2.12 bits per heavy atom. The molecule has 1 fully saturated rings. The standard InChI is InChI=1S/C19H23N3OS/c20-10-16-7-4-8-17(9-16)14-24-19-21-11-18(13-23)22(19)12-15-5-2-1-3-6-15/h4,7-9,11,15,23H,1-3,5-6,12-14H2. The molecule has 1 aromatic carbocycles. The summed E-state index contributed by atoms with van der Waals surface area (Å²) >= 11 is 1.68. The van der Waals surface area contributed by atoms with Crippen LogP contribution in [0, 0.1) is 17.2 Å². The third-order valence-electron chi connectivity index (χ3n) is 4.65. The molecule has 1 aliphatic rings. The summed E-state index contributed by atoms with van der Waals surface area (Å²) in [5.41, 5.74) is 2.71. The van der Waals surface area contributed by atoms with Crippen molar-refractivity contribution in [3.8, 4) is 6.07 Å². The number of aromatic nitrogens is 2. The summed E-state index contributed by atoms with van der Waals surface area (Å²) < 4.78 is 2.19. The van der Waals surface area contributed by atoms with Crippen LogP contribution in [0.15, 0.2) is 35.6 Å². The van der Waals surface area contributed by atoms with E-state index in [0.29, 0.717) is 11.5 Å². The fraction of sp³-hybridized carbons (Fsp3) is 0.474. The minimum Gasteiger partial charge on any atom is -0.390 e. The topological polar surface area (TPSA) is 61.8 Å². The number of rotatable bonds is 6. The van der Waals surface area contributed by atoms with Crippen LogP contribution >= 0.6 is 11.8 Å². The Balaban J connectivity index is 1.70. The van der Waals surface area contributed by atoms with Crippen LogP contribution in [-0.2, 0) is 18.9 Å². The van der Waals surface area contributed by atoms with E-state index in [1.54, 1.807) is 18.0 Å². The van der Waals surface area contributed by atoms with Crippen molar-refractivity contribution in [2.45, 2.75) is 56.2 Å². The van der Waals surface area contributed by atoms with Gasteiger partial charge in [-0.05, 0) is 36.5 Å². The molecule has 1 saturated carbocycles. The monoisotopic (exact) mass is 341 g/mol. The average Bonchev–Trinajstić information content (AvgIpc) is 3.02. The lowest BCUT2D eigenvalue weighted by Gasteiger charge is -2.23. The Morgan fingerprint density at radius 1 is 1.29 bits per heavy atom. The number of aliphatic hydroxyl groups is 1. The van der Waals surface area contributed by atoms with E-state index in [4.69, 9.17) is 5.26 Å². The van der Waals surface area contributed by atoms with Gasteiger partial charge in [0.05, 0.1) is 30.1 Å². The maximum absolute atomic E-state index is 9.61. The van der Waals surface area contributed by atoms with Crippen LogP contribution in [0.3, 0.4) is 0 Å². The van der Waals surface area contributed by atoms with E-state index in [0.717, 1.165) is 28.7 Å². The molecule has 4 nitrogen and oxygen atoms in total. The zero-order valence-electron chi connectivity index (χ0n) is 13.8. The van der Waals surface area contributed by atoms with Gasteiger partial charge in [-0.15, -0.1) is 0 Å². The van der Waals surface area contributed by atoms with E-state index in [1.165, 1.54) is 32.1 Å². The van der Waals surface area contributed by atoms with Crippen molar-refractivity contribution in [2.24, 2.45) is 5.92 Å². The van der Waals surface area contributed by atoms with Gasteiger partial charge in [-0.1, -0.05) is 43.2 Å². The maximum Gasteiger partial charge on any atom is 0.168 e. The Bertz CT molecular complexity index is 714. The van der Waals surface area contributed by atoms with Gasteiger partial charge in [0.25, 0.3) is 0 Å². The maximum atomic E-state index is 9.61. The Labute approximate surface area is 147 Å². The Morgan fingerprint density at radius 3 is 2.88 bits per heavy atom. The summed E-state index contributed by atoms with van der Waals surface area (Å²) in [7, 11) is 0. The van der Waals surface area contributed by atoms with Gasteiger partial charge in [-0.25, -0.2) is 4.98 Å². The predicted molar refractivity (Wildman–Crippen MR) is 95.4 cm³/mol. The lowest BCUT2D eigenvalue weighted by Crippen LogP contribution is -2.16. The van der Waals surface area contributed by atoms with Gasteiger partial charge in [0, 0.05) is 12.3 Å². The molecule has 24 heavy (non-hydrogen) atoms. The molecule has 1 aromatic heterocycles. The zero-order valence-corrected chi connectivity index (χ0v) is 14.6. The van der Waals surface area contributed by atoms with Crippen molar-refractivity contribution >= 4 is 11.8 Å². The van der Waals surface area contributed by atoms with E-state index in [2.05, 4.69) is 15.6 Å². The molecule has 2 aromatic rings. The SMILES string of the molecule is N#Cc1cccc(CSc2ncc(CO)n2CC2CCCCC2)c1. The van der Waals surface area contributed by atoms with Crippen LogP contribution in [0.5, 0.6) is 0 Å². The highest BCUT2D eigenvalue weighted by atomic mass is 32.2. The molecule has 126 valence electrons. The van der Waals surface area contributed by atoms with Crippen molar-refractivity contribution in [1.82, 2.24) is 9.55 Å². The third-order valence-corrected chi connectivity index (χ3v) is 5.71. The molecule has 0 radical (unpaired) electrons. The van der Waals surface area contributed by atoms with Crippen molar-refractivity contribution in [3.05, 3.63) is 47.3 Å². The summed E-state index contributed by atoms with van der Waals surface area (Å²) in [6, 6.07) is 9.88. The molecule has 3 rings (SSSR count). The molecule has 0 atom stereocenters. The lowest BCUT2D eigenvalue weighted by atomic mass is 9.89. The largest absolute Gasteiger partial charge is 0.390 e. The molecule has 1 heterocycles. The fourth-order valence-electron chi connectivity index (χ4n) is 3.34. The summed E-state index contributed by atoms with van der Waals surface area (Å²) in [5, 5.41) is 19.6. The van der Waals surface area contributed by atoms with Crippen molar-refractivity contribution in [1.29, 1.82) is 5.26 Å². The number of aliphatic hydroxyl groups excluding tert-OH is 1. The van der Waals surface area contributed by atoms with Gasteiger partial charge in [0.15, 0.2) is 5.16 Å². The molecule has 0 amide bonds.